The molecule has 0 radical (unpaired) electrons. The summed E-state index contributed by atoms with van der Waals surface area (Å²) in [6.07, 6.45) is 0.0674. The highest BCUT2D eigenvalue weighted by atomic mass is 32.2. The Morgan fingerprint density at radius 3 is 2.45 bits per heavy atom. The fourth-order valence-corrected chi connectivity index (χ4v) is 2.99. The van der Waals surface area contributed by atoms with Gasteiger partial charge in [0.1, 0.15) is 6.10 Å². The predicted octanol–water partition coefficient (Wildman–Crippen LogP) is -1.59. The van der Waals surface area contributed by atoms with Gasteiger partial charge in [0.15, 0.2) is 0 Å². The molecule has 9 nitrogen and oxygen atoms in total. The Bertz CT molecular complexity index is 638. The molecule has 0 saturated heterocycles. The van der Waals surface area contributed by atoms with Crippen LogP contribution in [-0.2, 0) is 10.3 Å². The second-order valence-corrected chi connectivity index (χ2v) is 6.57. The quantitative estimate of drug-likeness (QED) is 0.488. The molecule has 0 aliphatic heterocycles. The van der Waals surface area contributed by atoms with Crippen molar-refractivity contribution >= 4 is 16.2 Å². The maximum absolute atomic E-state index is 12.0. The normalized spacial score (nSPS) is 28.8. The van der Waals surface area contributed by atoms with E-state index in [0.717, 1.165) is 7.05 Å². The van der Waals surface area contributed by atoms with Crippen molar-refractivity contribution in [2.75, 3.05) is 7.05 Å². The number of carbonyl (C=O) groups excluding carboxylic acids is 1. The molecular weight excluding hydrogens is 314 g/mol. The summed E-state index contributed by atoms with van der Waals surface area (Å²) in [5.41, 5.74) is 0.322. The summed E-state index contributed by atoms with van der Waals surface area (Å²) in [6, 6.07) is 1.08. The van der Waals surface area contributed by atoms with Crippen LogP contribution in [0.1, 0.15) is 16.8 Å². The molecule has 0 bridgehead atoms. The molecule has 122 valence electrons. The lowest BCUT2D eigenvalue weighted by atomic mass is 10.2. The number of nitrogens with zero attached hydrogens (tertiary/aromatic N) is 2. The van der Waals surface area contributed by atoms with E-state index < -0.39 is 40.5 Å². The average molecular weight is 331 g/mol. The van der Waals surface area contributed by atoms with Gasteiger partial charge in [-0.15, -0.1) is 0 Å². The van der Waals surface area contributed by atoms with Crippen LogP contribution in [0.5, 0.6) is 0 Å². The van der Waals surface area contributed by atoms with Crippen LogP contribution in [0.4, 0.5) is 0 Å². The summed E-state index contributed by atoms with van der Waals surface area (Å²) >= 11 is 0. The molecule has 1 amide bonds. The van der Waals surface area contributed by atoms with Gasteiger partial charge in [-0.25, -0.2) is 0 Å². The second-order valence-electron chi connectivity index (χ2n) is 5.09. The molecule has 4 N–H and O–H groups in total. The molecule has 1 aliphatic carbocycles. The minimum atomic E-state index is -4.51. The molecule has 1 fully saturated rings. The average Bonchev–Trinajstić information content (AvgIpc) is 2.74. The van der Waals surface area contributed by atoms with Crippen molar-refractivity contribution in [1.29, 1.82) is 0 Å². The second kappa shape index (κ2) is 6.26. The summed E-state index contributed by atoms with van der Waals surface area (Å²) in [4.78, 5) is 15.8. The summed E-state index contributed by atoms with van der Waals surface area (Å²) in [5, 5.41) is 22.4. The molecule has 4 atom stereocenters. The minimum absolute atomic E-state index is 0.0323. The number of hydrogen-bond donors (Lipinski definition) is 4. The van der Waals surface area contributed by atoms with Gasteiger partial charge in [0.05, 0.1) is 18.2 Å². The Hall–Kier alpha value is -1.59. The monoisotopic (exact) mass is 331 g/mol. The zero-order chi connectivity index (χ0) is 16.5. The van der Waals surface area contributed by atoms with Crippen LogP contribution in [0.2, 0.25) is 0 Å². The van der Waals surface area contributed by atoms with Crippen molar-refractivity contribution in [3.05, 3.63) is 30.1 Å². The lowest BCUT2D eigenvalue weighted by Gasteiger charge is -2.23. The zero-order valence-corrected chi connectivity index (χ0v) is 12.5. The van der Waals surface area contributed by atoms with Crippen molar-refractivity contribution in [3.8, 4) is 0 Å². The summed E-state index contributed by atoms with van der Waals surface area (Å²) in [6.45, 7) is 0. The molecule has 10 heteroatoms. The van der Waals surface area contributed by atoms with Crippen LogP contribution in [0.15, 0.2) is 24.5 Å². The summed E-state index contributed by atoms with van der Waals surface area (Å²) in [5.74, 6) is -0.478. The molecule has 1 aromatic heterocycles. The van der Waals surface area contributed by atoms with Crippen molar-refractivity contribution in [1.82, 2.24) is 14.6 Å². The van der Waals surface area contributed by atoms with E-state index in [1.165, 1.54) is 24.5 Å². The lowest BCUT2D eigenvalue weighted by molar-refractivity contribution is 0.00972. The predicted molar refractivity (Wildman–Crippen MR) is 75.2 cm³/mol. The van der Waals surface area contributed by atoms with E-state index in [1.807, 2.05) is 0 Å². The number of likely N-dealkylation sites (N-methyl/N-ethyl adjacent to an activating group) is 1. The number of aromatic nitrogens is 1. The third-order valence-electron chi connectivity index (χ3n) is 3.74. The van der Waals surface area contributed by atoms with E-state index in [2.05, 4.69) is 10.3 Å². The molecule has 0 unspecified atom stereocenters. The number of aliphatic hydroxyl groups excluding tert-OH is 2. The minimum Gasteiger partial charge on any atom is -0.389 e. The van der Waals surface area contributed by atoms with Gasteiger partial charge in [-0.05, 0) is 18.6 Å². The number of aliphatic hydroxyl groups is 2. The molecule has 1 saturated carbocycles. The van der Waals surface area contributed by atoms with E-state index in [9.17, 15) is 23.4 Å². The van der Waals surface area contributed by atoms with Gasteiger partial charge in [-0.2, -0.15) is 12.7 Å². The number of amides is 1. The largest absolute Gasteiger partial charge is 0.389 e. The smallest absolute Gasteiger partial charge is 0.335 e. The fourth-order valence-electron chi connectivity index (χ4n) is 2.44. The standard InChI is InChI=1S/C12H17N3O6S/c1-15(22(19,20)21)9-6-8(10(16)11(9)17)14-12(18)7-2-4-13-5-3-7/h2-5,8-11,16-17H,6H2,1H3,(H,14,18)(H,19,20,21)/t8-,9-,10+,11-/m1/s1. The van der Waals surface area contributed by atoms with Gasteiger partial charge in [-0.1, -0.05) is 0 Å². The highest BCUT2D eigenvalue weighted by Crippen LogP contribution is 2.26. The molecule has 22 heavy (non-hydrogen) atoms. The topological polar surface area (TPSA) is 140 Å². The zero-order valence-electron chi connectivity index (χ0n) is 11.7. The van der Waals surface area contributed by atoms with Gasteiger partial charge in [0.25, 0.3) is 5.91 Å². The first-order valence-corrected chi connectivity index (χ1v) is 7.89. The molecule has 0 aromatic carbocycles. The van der Waals surface area contributed by atoms with Gasteiger partial charge in [0.2, 0.25) is 0 Å². The number of carbonyl (C=O) groups is 1. The van der Waals surface area contributed by atoms with Crippen LogP contribution >= 0.6 is 0 Å². The molecule has 0 spiro atoms. The van der Waals surface area contributed by atoms with Crippen molar-refractivity contribution in [2.45, 2.75) is 30.7 Å². The van der Waals surface area contributed by atoms with Gasteiger partial charge >= 0.3 is 10.3 Å². The first-order valence-electron chi connectivity index (χ1n) is 6.49. The maximum atomic E-state index is 12.0. The Morgan fingerprint density at radius 2 is 1.91 bits per heavy atom. The third-order valence-corrected chi connectivity index (χ3v) is 4.74. The number of nitrogens with one attached hydrogen (secondary N) is 1. The van der Waals surface area contributed by atoms with Crippen LogP contribution < -0.4 is 5.32 Å². The highest BCUT2D eigenvalue weighted by Gasteiger charge is 2.46. The Kier molecular flexibility index (Phi) is 4.78. The van der Waals surface area contributed by atoms with E-state index in [1.54, 1.807) is 0 Å². The van der Waals surface area contributed by atoms with Gasteiger partial charge in [-0.3, -0.25) is 14.3 Å². The number of pyridine rings is 1. The van der Waals surface area contributed by atoms with E-state index in [0.29, 0.717) is 9.87 Å². The SMILES string of the molecule is CN([C@@H]1C[C@@H](NC(=O)c2ccncc2)[C@H](O)[C@@H]1O)S(=O)(=O)O. The summed E-state index contributed by atoms with van der Waals surface area (Å²) in [7, 11) is -3.42. The Morgan fingerprint density at radius 1 is 1.32 bits per heavy atom. The van der Waals surface area contributed by atoms with E-state index in [-0.39, 0.29) is 6.42 Å². The van der Waals surface area contributed by atoms with Crippen LogP contribution in [0.25, 0.3) is 0 Å². The summed E-state index contributed by atoms with van der Waals surface area (Å²) < 4.78 is 31.8. The number of rotatable bonds is 4. The van der Waals surface area contributed by atoms with Gasteiger partial charge < -0.3 is 15.5 Å². The molecule has 2 rings (SSSR count). The van der Waals surface area contributed by atoms with E-state index >= 15 is 0 Å². The van der Waals surface area contributed by atoms with Crippen LogP contribution in [0, 0.1) is 0 Å². The number of hydrogen-bond acceptors (Lipinski definition) is 6. The highest BCUT2D eigenvalue weighted by molar-refractivity contribution is 7.83. The van der Waals surface area contributed by atoms with Crippen LogP contribution in [-0.4, -0.2) is 69.7 Å². The Balaban J connectivity index is 2.09. The van der Waals surface area contributed by atoms with Crippen molar-refractivity contribution in [3.63, 3.8) is 0 Å². The van der Waals surface area contributed by atoms with E-state index in [4.69, 9.17) is 4.55 Å². The first-order chi connectivity index (χ1) is 10.2. The third kappa shape index (κ3) is 3.42. The Labute approximate surface area is 127 Å². The molecular formula is C12H17N3O6S. The van der Waals surface area contributed by atoms with Crippen molar-refractivity contribution < 1.29 is 28.0 Å². The fraction of sp³-hybridized carbons (Fsp3) is 0.500. The molecule has 1 aromatic rings. The molecule has 1 aliphatic rings. The van der Waals surface area contributed by atoms with Crippen molar-refractivity contribution in [2.24, 2.45) is 0 Å². The lowest BCUT2D eigenvalue weighted by Crippen LogP contribution is -2.45. The maximum Gasteiger partial charge on any atom is 0.335 e. The first kappa shape index (κ1) is 16.8. The van der Waals surface area contributed by atoms with Gasteiger partial charge in [0, 0.05) is 25.0 Å². The van der Waals surface area contributed by atoms with Crippen LogP contribution in [0.3, 0.4) is 0 Å². The molecule has 1 heterocycles.